The summed E-state index contributed by atoms with van der Waals surface area (Å²) in [6.07, 6.45) is 2.86. The van der Waals surface area contributed by atoms with E-state index in [1.807, 2.05) is 14.0 Å². The third-order valence-corrected chi connectivity index (χ3v) is 3.15. The minimum atomic E-state index is -0.0313. The summed E-state index contributed by atoms with van der Waals surface area (Å²) in [6.45, 7) is 6.75. The van der Waals surface area contributed by atoms with E-state index in [2.05, 4.69) is 10.2 Å². The molecule has 1 heterocycles. The minimum Gasteiger partial charge on any atom is -0.466 e. The van der Waals surface area contributed by atoms with Crippen LogP contribution in [-0.2, 0) is 9.53 Å². The number of nitrogens with zero attached hydrogens (tertiary/aromatic N) is 1. The van der Waals surface area contributed by atoms with Gasteiger partial charge in [-0.3, -0.25) is 4.79 Å². The van der Waals surface area contributed by atoms with Gasteiger partial charge in [0, 0.05) is 19.5 Å². The van der Waals surface area contributed by atoms with Gasteiger partial charge in [-0.2, -0.15) is 0 Å². The summed E-state index contributed by atoms with van der Waals surface area (Å²) in [4.78, 5) is 13.8. The molecular weight excluding hydrogens is 204 g/mol. The van der Waals surface area contributed by atoms with E-state index in [0.717, 1.165) is 39.0 Å². The molecule has 4 heteroatoms. The molecule has 0 unspecified atom stereocenters. The fourth-order valence-corrected chi connectivity index (χ4v) is 2.14. The molecule has 0 aromatic carbocycles. The Morgan fingerprint density at radius 1 is 1.44 bits per heavy atom. The van der Waals surface area contributed by atoms with Gasteiger partial charge in [0.1, 0.15) is 0 Å². The highest BCUT2D eigenvalue weighted by Gasteiger charge is 2.21. The van der Waals surface area contributed by atoms with E-state index in [-0.39, 0.29) is 5.97 Å². The lowest BCUT2D eigenvalue weighted by Gasteiger charge is -2.31. The number of nitrogens with one attached hydrogen (secondary N) is 1. The average molecular weight is 228 g/mol. The van der Waals surface area contributed by atoms with E-state index in [1.54, 1.807) is 0 Å². The van der Waals surface area contributed by atoms with Gasteiger partial charge in [-0.15, -0.1) is 0 Å². The summed E-state index contributed by atoms with van der Waals surface area (Å²) in [6, 6.07) is 0. The Morgan fingerprint density at radius 2 is 2.12 bits per heavy atom. The smallest absolute Gasteiger partial charge is 0.306 e. The second-order valence-corrected chi connectivity index (χ2v) is 4.40. The lowest BCUT2D eigenvalue weighted by atomic mass is 9.93. The van der Waals surface area contributed by atoms with Gasteiger partial charge in [-0.25, -0.2) is 0 Å². The predicted octanol–water partition coefficient (Wildman–Crippen LogP) is 0.871. The zero-order chi connectivity index (χ0) is 11.8. The maximum atomic E-state index is 11.3. The van der Waals surface area contributed by atoms with Gasteiger partial charge in [-0.05, 0) is 45.8 Å². The van der Waals surface area contributed by atoms with Crippen LogP contribution in [0.25, 0.3) is 0 Å². The van der Waals surface area contributed by atoms with Crippen molar-refractivity contribution >= 4 is 5.97 Å². The van der Waals surface area contributed by atoms with Crippen LogP contribution in [0, 0.1) is 5.92 Å². The van der Waals surface area contributed by atoms with Crippen LogP contribution < -0.4 is 5.32 Å². The lowest BCUT2D eigenvalue weighted by Crippen LogP contribution is -2.38. The molecule has 0 saturated carbocycles. The van der Waals surface area contributed by atoms with Crippen molar-refractivity contribution in [2.75, 3.05) is 39.8 Å². The molecule has 94 valence electrons. The summed E-state index contributed by atoms with van der Waals surface area (Å²) in [5.41, 5.74) is 0. The van der Waals surface area contributed by atoms with Crippen LogP contribution in [0.1, 0.15) is 26.2 Å². The molecule has 4 nitrogen and oxygen atoms in total. The molecule has 0 atom stereocenters. The summed E-state index contributed by atoms with van der Waals surface area (Å²) < 4.78 is 4.97. The number of hydrogen-bond acceptors (Lipinski definition) is 4. The molecule has 1 rings (SSSR count). The van der Waals surface area contributed by atoms with Crippen LogP contribution in [0.2, 0.25) is 0 Å². The highest BCUT2D eigenvalue weighted by Crippen LogP contribution is 2.20. The standard InChI is InChI=1S/C12H24N2O2/c1-3-16-12(15)10-11-4-7-14(8-5-11)9-6-13-2/h11,13H,3-10H2,1-2H3. The number of likely N-dealkylation sites (N-methyl/N-ethyl adjacent to an activating group) is 1. The molecule has 0 aromatic rings. The van der Waals surface area contributed by atoms with E-state index < -0.39 is 0 Å². The first-order valence-corrected chi connectivity index (χ1v) is 6.28. The van der Waals surface area contributed by atoms with Gasteiger partial charge in [-0.1, -0.05) is 0 Å². The molecule has 0 radical (unpaired) electrons. The molecule has 0 aromatic heterocycles. The number of esters is 1. The number of ether oxygens (including phenoxy) is 1. The zero-order valence-electron chi connectivity index (χ0n) is 10.5. The van der Waals surface area contributed by atoms with Gasteiger partial charge in [0.15, 0.2) is 0 Å². The van der Waals surface area contributed by atoms with Gasteiger partial charge in [0.25, 0.3) is 0 Å². The molecule has 1 saturated heterocycles. The lowest BCUT2D eigenvalue weighted by molar-refractivity contribution is -0.144. The maximum Gasteiger partial charge on any atom is 0.306 e. The van der Waals surface area contributed by atoms with Crippen LogP contribution >= 0.6 is 0 Å². The molecule has 16 heavy (non-hydrogen) atoms. The van der Waals surface area contributed by atoms with Crippen molar-refractivity contribution < 1.29 is 9.53 Å². The maximum absolute atomic E-state index is 11.3. The van der Waals surface area contributed by atoms with Crippen molar-refractivity contribution in [1.82, 2.24) is 10.2 Å². The number of likely N-dealkylation sites (tertiary alicyclic amines) is 1. The molecule has 0 aliphatic carbocycles. The highest BCUT2D eigenvalue weighted by atomic mass is 16.5. The van der Waals surface area contributed by atoms with Crippen molar-refractivity contribution in [2.45, 2.75) is 26.2 Å². The molecular formula is C12H24N2O2. The Labute approximate surface area is 98.3 Å². The van der Waals surface area contributed by atoms with Crippen molar-refractivity contribution in [3.8, 4) is 0 Å². The normalized spacial score (nSPS) is 18.6. The van der Waals surface area contributed by atoms with E-state index >= 15 is 0 Å². The fraction of sp³-hybridized carbons (Fsp3) is 0.917. The van der Waals surface area contributed by atoms with E-state index in [0.29, 0.717) is 18.9 Å². The Bertz CT molecular complexity index is 201. The first kappa shape index (κ1) is 13.5. The fourth-order valence-electron chi connectivity index (χ4n) is 2.14. The monoisotopic (exact) mass is 228 g/mol. The second kappa shape index (κ2) is 7.63. The van der Waals surface area contributed by atoms with Crippen molar-refractivity contribution in [2.24, 2.45) is 5.92 Å². The second-order valence-electron chi connectivity index (χ2n) is 4.40. The third-order valence-electron chi connectivity index (χ3n) is 3.15. The summed E-state index contributed by atoms with van der Waals surface area (Å²) in [7, 11) is 1.98. The molecule has 1 N–H and O–H groups in total. The number of carbonyl (C=O) groups excluding carboxylic acids is 1. The Balaban J connectivity index is 2.14. The van der Waals surface area contributed by atoms with Crippen LogP contribution in [0.4, 0.5) is 0 Å². The van der Waals surface area contributed by atoms with Crippen molar-refractivity contribution in [1.29, 1.82) is 0 Å². The van der Waals surface area contributed by atoms with Gasteiger partial charge < -0.3 is 15.0 Å². The van der Waals surface area contributed by atoms with Crippen molar-refractivity contribution in [3.63, 3.8) is 0 Å². The molecule has 1 aliphatic rings. The first-order chi connectivity index (χ1) is 7.76. The Hall–Kier alpha value is -0.610. The SMILES string of the molecule is CCOC(=O)CC1CCN(CCNC)CC1. The Morgan fingerprint density at radius 3 is 2.69 bits per heavy atom. The van der Waals surface area contributed by atoms with Gasteiger partial charge in [0.05, 0.1) is 6.61 Å². The summed E-state index contributed by atoms with van der Waals surface area (Å²) >= 11 is 0. The largest absolute Gasteiger partial charge is 0.466 e. The molecule has 0 amide bonds. The predicted molar refractivity (Wildman–Crippen MR) is 64.3 cm³/mol. The number of hydrogen-bond donors (Lipinski definition) is 1. The number of rotatable bonds is 6. The van der Waals surface area contributed by atoms with Crippen LogP contribution in [0.5, 0.6) is 0 Å². The molecule has 1 aliphatic heterocycles. The minimum absolute atomic E-state index is 0.0313. The third kappa shape index (κ3) is 4.94. The molecule has 1 fully saturated rings. The van der Waals surface area contributed by atoms with E-state index in [1.165, 1.54) is 0 Å². The average Bonchev–Trinajstić information content (AvgIpc) is 2.28. The van der Waals surface area contributed by atoms with E-state index in [9.17, 15) is 4.79 Å². The Kier molecular flexibility index (Phi) is 6.42. The number of carbonyl (C=O) groups is 1. The van der Waals surface area contributed by atoms with E-state index in [4.69, 9.17) is 4.74 Å². The molecule has 0 spiro atoms. The quantitative estimate of drug-likeness (QED) is 0.685. The zero-order valence-corrected chi connectivity index (χ0v) is 10.5. The first-order valence-electron chi connectivity index (χ1n) is 6.28. The van der Waals surface area contributed by atoms with Gasteiger partial charge in [0.2, 0.25) is 0 Å². The summed E-state index contributed by atoms with van der Waals surface area (Å²) in [5, 5.41) is 3.16. The highest BCUT2D eigenvalue weighted by molar-refractivity contribution is 5.69. The summed E-state index contributed by atoms with van der Waals surface area (Å²) in [5.74, 6) is 0.501. The van der Waals surface area contributed by atoms with Crippen LogP contribution in [-0.4, -0.2) is 50.7 Å². The van der Waals surface area contributed by atoms with Gasteiger partial charge >= 0.3 is 5.97 Å². The van der Waals surface area contributed by atoms with Crippen LogP contribution in [0.3, 0.4) is 0 Å². The number of piperidine rings is 1. The van der Waals surface area contributed by atoms with Crippen molar-refractivity contribution in [3.05, 3.63) is 0 Å². The topological polar surface area (TPSA) is 41.6 Å². The molecule has 0 bridgehead atoms. The van der Waals surface area contributed by atoms with Crippen LogP contribution in [0.15, 0.2) is 0 Å².